The van der Waals surface area contributed by atoms with Crippen LogP contribution >= 0.6 is 22.9 Å². The molecule has 3 aromatic carbocycles. The van der Waals surface area contributed by atoms with Crippen molar-refractivity contribution < 1.29 is 4.79 Å². The van der Waals surface area contributed by atoms with Crippen LogP contribution in [0.2, 0.25) is 5.02 Å². The van der Waals surface area contributed by atoms with E-state index in [9.17, 15) is 4.79 Å². The summed E-state index contributed by atoms with van der Waals surface area (Å²) < 4.78 is 1.11. The molecule has 24 heavy (non-hydrogen) atoms. The lowest BCUT2D eigenvalue weighted by Crippen LogP contribution is -2.03. The van der Waals surface area contributed by atoms with E-state index in [0.717, 1.165) is 20.8 Å². The maximum atomic E-state index is 12.9. The minimum atomic E-state index is -0.0264. The molecule has 0 saturated carbocycles. The van der Waals surface area contributed by atoms with Crippen molar-refractivity contribution in [2.24, 2.45) is 0 Å². The average molecular weight is 350 g/mol. The van der Waals surface area contributed by atoms with Crippen molar-refractivity contribution in [2.75, 3.05) is 0 Å². The largest absolute Gasteiger partial charge is 0.289 e. The van der Waals surface area contributed by atoms with E-state index in [2.05, 4.69) is 4.98 Å². The van der Waals surface area contributed by atoms with Crippen molar-refractivity contribution in [1.29, 1.82) is 0 Å². The molecule has 2 nitrogen and oxygen atoms in total. The van der Waals surface area contributed by atoms with Gasteiger partial charge in [0.15, 0.2) is 5.78 Å². The summed E-state index contributed by atoms with van der Waals surface area (Å²) in [6.45, 7) is 0. The van der Waals surface area contributed by atoms with Gasteiger partial charge in [0.1, 0.15) is 5.01 Å². The highest BCUT2D eigenvalue weighted by Gasteiger charge is 2.16. The van der Waals surface area contributed by atoms with E-state index in [-0.39, 0.29) is 5.78 Å². The number of carbonyl (C=O) groups is 1. The van der Waals surface area contributed by atoms with Crippen LogP contribution in [0.25, 0.3) is 20.8 Å². The summed E-state index contributed by atoms with van der Waals surface area (Å²) in [4.78, 5) is 17.6. The summed E-state index contributed by atoms with van der Waals surface area (Å²) in [5.74, 6) is -0.0264. The van der Waals surface area contributed by atoms with Gasteiger partial charge in [0.2, 0.25) is 0 Å². The zero-order valence-electron chi connectivity index (χ0n) is 12.6. The molecular weight excluding hydrogens is 338 g/mol. The number of para-hydroxylation sites is 1. The predicted molar refractivity (Wildman–Crippen MR) is 99.9 cm³/mol. The molecule has 1 aromatic heterocycles. The van der Waals surface area contributed by atoms with Gasteiger partial charge in [0, 0.05) is 21.7 Å². The van der Waals surface area contributed by atoms with Crippen molar-refractivity contribution in [1.82, 2.24) is 4.98 Å². The molecule has 4 rings (SSSR count). The Kier molecular flexibility index (Phi) is 3.89. The van der Waals surface area contributed by atoms with E-state index in [0.29, 0.717) is 16.1 Å². The van der Waals surface area contributed by atoms with Gasteiger partial charge in [-0.25, -0.2) is 4.98 Å². The Hall–Kier alpha value is -2.49. The highest BCUT2D eigenvalue weighted by atomic mass is 35.5. The number of hydrogen-bond donors (Lipinski definition) is 0. The van der Waals surface area contributed by atoms with E-state index in [1.165, 1.54) is 0 Å². The molecule has 0 radical (unpaired) electrons. The Morgan fingerprint density at radius 1 is 0.875 bits per heavy atom. The van der Waals surface area contributed by atoms with Crippen LogP contribution in [0.5, 0.6) is 0 Å². The van der Waals surface area contributed by atoms with Crippen LogP contribution in [0.15, 0.2) is 72.8 Å². The molecule has 0 fully saturated rings. The van der Waals surface area contributed by atoms with Crippen molar-refractivity contribution >= 4 is 38.9 Å². The number of fused-ring (bicyclic) bond motifs is 1. The van der Waals surface area contributed by atoms with Gasteiger partial charge in [-0.05, 0) is 36.4 Å². The number of aromatic nitrogens is 1. The summed E-state index contributed by atoms with van der Waals surface area (Å²) >= 11 is 7.51. The lowest BCUT2D eigenvalue weighted by molar-refractivity contribution is 0.103. The zero-order chi connectivity index (χ0) is 16.5. The first kappa shape index (κ1) is 15.1. The third kappa shape index (κ3) is 2.73. The minimum Gasteiger partial charge on any atom is -0.289 e. The molecule has 0 atom stereocenters. The average Bonchev–Trinajstić information content (AvgIpc) is 3.06. The normalized spacial score (nSPS) is 10.9. The van der Waals surface area contributed by atoms with Crippen LogP contribution in [0, 0.1) is 0 Å². The number of carbonyl (C=O) groups excluding carboxylic acids is 1. The van der Waals surface area contributed by atoms with Gasteiger partial charge in [0.05, 0.1) is 10.2 Å². The fourth-order valence-corrected chi connectivity index (χ4v) is 3.74. The Bertz CT molecular complexity index is 1000. The summed E-state index contributed by atoms with van der Waals surface area (Å²) in [7, 11) is 0. The molecule has 0 saturated heterocycles. The van der Waals surface area contributed by atoms with Crippen molar-refractivity contribution in [3.8, 4) is 10.6 Å². The third-order valence-electron chi connectivity index (χ3n) is 3.80. The van der Waals surface area contributed by atoms with Gasteiger partial charge in [-0.2, -0.15) is 0 Å². The van der Waals surface area contributed by atoms with Crippen molar-refractivity contribution in [3.05, 3.63) is 88.9 Å². The van der Waals surface area contributed by atoms with Gasteiger partial charge < -0.3 is 0 Å². The highest BCUT2D eigenvalue weighted by molar-refractivity contribution is 7.21. The quantitative estimate of drug-likeness (QED) is 0.434. The molecule has 0 amide bonds. The fourth-order valence-electron chi connectivity index (χ4n) is 2.61. The molecule has 0 aliphatic heterocycles. The molecule has 4 aromatic rings. The van der Waals surface area contributed by atoms with Crippen LogP contribution in [-0.2, 0) is 0 Å². The number of rotatable bonds is 3. The monoisotopic (exact) mass is 349 g/mol. The smallest absolute Gasteiger partial charge is 0.193 e. The van der Waals surface area contributed by atoms with Crippen LogP contribution < -0.4 is 0 Å². The third-order valence-corrected chi connectivity index (χ3v) is 5.12. The molecule has 0 aliphatic rings. The summed E-state index contributed by atoms with van der Waals surface area (Å²) in [5, 5.41) is 1.47. The van der Waals surface area contributed by atoms with Gasteiger partial charge in [-0.15, -0.1) is 11.3 Å². The molecular formula is C20H12ClNOS. The SMILES string of the molecule is O=C(c1ccc(Cl)cc1)c1ccccc1-c1nc2ccccc2s1. The molecule has 116 valence electrons. The van der Waals surface area contributed by atoms with E-state index in [1.54, 1.807) is 35.6 Å². The molecule has 1 heterocycles. The van der Waals surface area contributed by atoms with Crippen LogP contribution in [0.4, 0.5) is 0 Å². The number of halogens is 1. The molecule has 0 unspecified atom stereocenters. The second-order valence-electron chi connectivity index (χ2n) is 5.37. The topological polar surface area (TPSA) is 30.0 Å². The van der Waals surface area contributed by atoms with E-state index in [1.807, 2.05) is 48.5 Å². The second-order valence-corrected chi connectivity index (χ2v) is 6.84. The Morgan fingerprint density at radius 2 is 1.58 bits per heavy atom. The molecule has 4 heteroatoms. The summed E-state index contributed by atoms with van der Waals surface area (Å²) in [6.07, 6.45) is 0. The number of nitrogens with zero attached hydrogens (tertiary/aromatic N) is 1. The van der Waals surface area contributed by atoms with Gasteiger partial charge in [-0.3, -0.25) is 4.79 Å². The minimum absolute atomic E-state index is 0.0264. The van der Waals surface area contributed by atoms with E-state index < -0.39 is 0 Å². The fraction of sp³-hybridized carbons (Fsp3) is 0. The van der Waals surface area contributed by atoms with Crippen molar-refractivity contribution in [2.45, 2.75) is 0 Å². The Balaban J connectivity index is 1.83. The van der Waals surface area contributed by atoms with E-state index in [4.69, 9.17) is 11.6 Å². The zero-order valence-corrected chi connectivity index (χ0v) is 14.1. The number of ketones is 1. The van der Waals surface area contributed by atoms with Gasteiger partial charge in [-0.1, -0.05) is 48.0 Å². The first-order valence-corrected chi connectivity index (χ1v) is 8.67. The number of hydrogen-bond acceptors (Lipinski definition) is 3. The number of thiazole rings is 1. The molecule has 0 spiro atoms. The first-order valence-electron chi connectivity index (χ1n) is 7.47. The summed E-state index contributed by atoms with van der Waals surface area (Å²) in [5.41, 5.74) is 3.08. The highest BCUT2D eigenvalue weighted by Crippen LogP contribution is 2.33. The van der Waals surface area contributed by atoms with Gasteiger partial charge in [0.25, 0.3) is 0 Å². The Morgan fingerprint density at radius 3 is 2.38 bits per heavy atom. The predicted octanol–water partition coefficient (Wildman–Crippen LogP) is 5.85. The molecule has 0 aliphatic carbocycles. The Labute approximate surface area is 148 Å². The first-order chi connectivity index (χ1) is 11.7. The van der Waals surface area contributed by atoms with Crippen LogP contribution in [0.1, 0.15) is 15.9 Å². The van der Waals surface area contributed by atoms with E-state index >= 15 is 0 Å². The lowest BCUT2D eigenvalue weighted by Gasteiger charge is -2.06. The van der Waals surface area contributed by atoms with Crippen LogP contribution in [-0.4, -0.2) is 10.8 Å². The maximum Gasteiger partial charge on any atom is 0.193 e. The molecule has 0 N–H and O–H groups in total. The lowest BCUT2D eigenvalue weighted by atomic mass is 9.99. The van der Waals surface area contributed by atoms with Crippen molar-refractivity contribution in [3.63, 3.8) is 0 Å². The standard InChI is InChI=1S/C20H12ClNOS/c21-14-11-9-13(10-12-14)19(23)15-5-1-2-6-16(15)20-22-17-7-3-4-8-18(17)24-20/h1-12H. The second kappa shape index (κ2) is 6.19. The number of benzene rings is 3. The maximum absolute atomic E-state index is 12.9. The van der Waals surface area contributed by atoms with Crippen LogP contribution in [0.3, 0.4) is 0 Å². The van der Waals surface area contributed by atoms with Gasteiger partial charge >= 0.3 is 0 Å². The summed E-state index contributed by atoms with van der Waals surface area (Å²) in [6, 6.07) is 22.5. The molecule has 0 bridgehead atoms.